The summed E-state index contributed by atoms with van der Waals surface area (Å²) in [4.78, 5) is 4.21. The zero-order valence-electron chi connectivity index (χ0n) is 5.44. The van der Waals surface area contributed by atoms with Crippen LogP contribution in [0.5, 0.6) is 0 Å². The van der Waals surface area contributed by atoms with Gasteiger partial charge in [0.15, 0.2) is 11.1 Å². The van der Waals surface area contributed by atoms with E-state index >= 15 is 0 Å². The Hall–Kier alpha value is -0.740. The van der Waals surface area contributed by atoms with Crippen molar-refractivity contribution in [3.8, 4) is 0 Å². The van der Waals surface area contributed by atoms with Crippen molar-refractivity contribution in [1.29, 1.82) is 0 Å². The maximum Gasteiger partial charge on any atom is 0.186 e. The molecule has 0 saturated carbocycles. The molecule has 0 aromatic carbocycles. The first-order valence-corrected chi connectivity index (χ1v) is 3.84. The van der Waals surface area contributed by atoms with Gasteiger partial charge < -0.3 is 4.55 Å². The van der Waals surface area contributed by atoms with Gasteiger partial charge in [0.25, 0.3) is 0 Å². The van der Waals surface area contributed by atoms with E-state index in [9.17, 15) is 4.21 Å². The van der Waals surface area contributed by atoms with Gasteiger partial charge >= 0.3 is 0 Å². The van der Waals surface area contributed by atoms with E-state index in [1.54, 1.807) is 13.1 Å². The van der Waals surface area contributed by atoms with Crippen LogP contribution >= 0.6 is 0 Å². The molecule has 1 heterocycles. The molecule has 4 heteroatoms. The predicted molar refractivity (Wildman–Crippen MR) is 38.0 cm³/mol. The highest BCUT2D eigenvalue weighted by molar-refractivity contribution is 7.79. The Morgan fingerprint density at radius 3 is 2.80 bits per heavy atom. The van der Waals surface area contributed by atoms with Crippen molar-refractivity contribution in [2.75, 3.05) is 0 Å². The van der Waals surface area contributed by atoms with Crippen LogP contribution in [0.4, 0.5) is 0 Å². The summed E-state index contributed by atoms with van der Waals surface area (Å²) in [5.41, 5.74) is 0.739. The molecule has 1 aromatic rings. The largest absolute Gasteiger partial charge is 0.302 e. The number of rotatable bonds is 1. The Morgan fingerprint density at radius 1 is 1.70 bits per heavy atom. The third kappa shape index (κ3) is 1.40. The summed E-state index contributed by atoms with van der Waals surface area (Å²) in [5, 5.41) is 0. The average Bonchev–Trinajstić information content (AvgIpc) is 1.88. The van der Waals surface area contributed by atoms with E-state index in [1.807, 2.05) is 0 Å². The van der Waals surface area contributed by atoms with E-state index in [-0.39, 0.29) is 0 Å². The number of pyridine rings is 1. The van der Waals surface area contributed by atoms with Gasteiger partial charge in [-0.15, -0.1) is 0 Å². The second kappa shape index (κ2) is 2.90. The molecule has 0 amide bonds. The lowest BCUT2D eigenvalue weighted by molar-refractivity contribution is 0.563. The fraction of sp³-hybridized carbons (Fsp3) is 0.167. The molecule has 0 aliphatic carbocycles. The van der Waals surface area contributed by atoms with Crippen molar-refractivity contribution in [3.05, 3.63) is 24.0 Å². The molecule has 0 aliphatic rings. The van der Waals surface area contributed by atoms with E-state index in [0.29, 0.717) is 4.90 Å². The lowest BCUT2D eigenvalue weighted by Gasteiger charge is -1.96. The monoisotopic (exact) mass is 157 g/mol. The highest BCUT2D eigenvalue weighted by Gasteiger charge is 2.01. The van der Waals surface area contributed by atoms with Crippen LogP contribution in [0.2, 0.25) is 0 Å². The highest BCUT2D eigenvalue weighted by atomic mass is 32.2. The zero-order chi connectivity index (χ0) is 7.56. The van der Waals surface area contributed by atoms with E-state index in [1.165, 1.54) is 12.3 Å². The molecule has 3 nitrogen and oxygen atoms in total. The summed E-state index contributed by atoms with van der Waals surface area (Å²) in [6.45, 7) is 1.75. The van der Waals surface area contributed by atoms with Crippen molar-refractivity contribution < 1.29 is 8.76 Å². The number of hydrogen-bond donors (Lipinski definition) is 1. The minimum atomic E-state index is -1.88. The summed E-state index contributed by atoms with van der Waals surface area (Å²) < 4.78 is 19.2. The molecule has 0 spiro atoms. The molecule has 0 fully saturated rings. The molecule has 1 unspecified atom stereocenters. The first-order valence-electron chi connectivity index (χ1n) is 2.73. The van der Waals surface area contributed by atoms with E-state index in [0.717, 1.165) is 5.56 Å². The highest BCUT2D eigenvalue weighted by Crippen LogP contribution is 2.07. The predicted octanol–water partition coefficient (Wildman–Crippen LogP) is 0.971. The van der Waals surface area contributed by atoms with E-state index in [4.69, 9.17) is 4.55 Å². The molecule has 1 aromatic heterocycles. The summed E-state index contributed by atoms with van der Waals surface area (Å²) in [5.74, 6) is 0. The molecule has 0 bridgehead atoms. The fourth-order valence-electron chi connectivity index (χ4n) is 0.657. The minimum absolute atomic E-state index is 0.426. The van der Waals surface area contributed by atoms with Gasteiger partial charge in [0.2, 0.25) is 0 Å². The van der Waals surface area contributed by atoms with Gasteiger partial charge in [-0.1, -0.05) is 0 Å². The quantitative estimate of drug-likeness (QED) is 0.618. The van der Waals surface area contributed by atoms with Crippen LogP contribution in [0.1, 0.15) is 5.56 Å². The second-order valence-electron chi connectivity index (χ2n) is 1.89. The van der Waals surface area contributed by atoms with Gasteiger partial charge in [-0.25, -0.2) is 4.21 Å². The summed E-state index contributed by atoms with van der Waals surface area (Å²) >= 11 is -1.88. The van der Waals surface area contributed by atoms with Crippen LogP contribution in [0.3, 0.4) is 0 Å². The van der Waals surface area contributed by atoms with Gasteiger partial charge in [-0.3, -0.25) is 4.98 Å². The van der Waals surface area contributed by atoms with Gasteiger partial charge in [-0.2, -0.15) is 0 Å². The lowest BCUT2D eigenvalue weighted by Crippen LogP contribution is -1.91. The molecule has 1 atom stereocenters. The first-order chi connectivity index (χ1) is 4.72. The lowest BCUT2D eigenvalue weighted by atomic mass is 10.3. The topological polar surface area (TPSA) is 50.2 Å². The SMILES string of the molecule is Cc1cnccc1S(=O)O. The maximum absolute atomic E-state index is 10.5. The van der Waals surface area contributed by atoms with Crippen LogP contribution in [0.25, 0.3) is 0 Å². The van der Waals surface area contributed by atoms with Crippen LogP contribution in [0.15, 0.2) is 23.4 Å². The third-order valence-electron chi connectivity index (χ3n) is 1.16. The molecule has 1 rings (SSSR count). The van der Waals surface area contributed by atoms with E-state index in [2.05, 4.69) is 4.98 Å². The number of aromatic nitrogens is 1. The van der Waals surface area contributed by atoms with Crippen molar-refractivity contribution in [3.63, 3.8) is 0 Å². The van der Waals surface area contributed by atoms with Crippen molar-refractivity contribution in [2.24, 2.45) is 0 Å². The summed E-state index contributed by atoms with van der Waals surface area (Å²) in [6.07, 6.45) is 3.06. The molecule has 1 N–H and O–H groups in total. The first kappa shape index (κ1) is 7.37. The Kier molecular flexibility index (Phi) is 2.13. The zero-order valence-corrected chi connectivity index (χ0v) is 6.26. The molecular weight excluding hydrogens is 150 g/mol. The number of hydrogen-bond acceptors (Lipinski definition) is 2. The molecular formula is C6H7NO2S. The van der Waals surface area contributed by atoms with Gasteiger partial charge in [-0.05, 0) is 18.6 Å². The smallest absolute Gasteiger partial charge is 0.186 e. The van der Waals surface area contributed by atoms with Crippen molar-refractivity contribution in [1.82, 2.24) is 4.98 Å². The average molecular weight is 157 g/mol. The molecule has 0 radical (unpaired) electrons. The molecule has 10 heavy (non-hydrogen) atoms. The molecule has 0 saturated heterocycles. The maximum atomic E-state index is 10.5. The number of nitrogens with zero attached hydrogens (tertiary/aromatic N) is 1. The Morgan fingerprint density at radius 2 is 2.40 bits per heavy atom. The summed E-state index contributed by atoms with van der Waals surface area (Å²) in [7, 11) is 0. The van der Waals surface area contributed by atoms with Crippen LogP contribution < -0.4 is 0 Å². The van der Waals surface area contributed by atoms with Crippen LogP contribution in [-0.4, -0.2) is 13.7 Å². The van der Waals surface area contributed by atoms with Gasteiger partial charge in [0.1, 0.15) is 0 Å². The standard InChI is InChI=1S/C6H7NO2S/c1-5-4-7-3-2-6(5)10(8)9/h2-4H,1H3,(H,8,9). The summed E-state index contributed by atoms with van der Waals surface area (Å²) in [6, 6.07) is 1.53. The normalized spacial score (nSPS) is 13.0. The Bertz CT molecular complexity index is 262. The molecule has 54 valence electrons. The molecule has 0 aliphatic heterocycles. The van der Waals surface area contributed by atoms with Crippen LogP contribution in [0, 0.1) is 6.92 Å². The van der Waals surface area contributed by atoms with E-state index < -0.39 is 11.1 Å². The fourth-order valence-corrected chi connectivity index (χ4v) is 1.16. The van der Waals surface area contributed by atoms with Crippen molar-refractivity contribution >= 4 is 11.1 Å². The van der Waals surface area contributed by atoms with Gasteiger partial charge in [0.05, 0.1) is 4.90 Å². The minimum Gasteiger partial charge on any atom is -0.302 e. The van der Waals surface area contributed by atoms with Crippen molar-refractivity contribution in [2.45, 2.75) is 11.8 Å². The number of aryl methyl sites for hydroxylation is 1. The van der Waals surface area contributed by atoms with Crippen LogP contribution in [-0.2, 0) is 11.1 Å². The Balaban J connectivity index is 3.15. The third-order valence-corrected chi connectivity index (χ3v) is 1.99. The Labute approximate surface area is 61.4 Å². The second-order valence-corrected chi connectivity index (χ2v) is 2.83. The van der Waals surface area contributed by atoms with Gasteiger partial charge in [0, 0.05) is 12.4 Å².